The fourth-order valence-corrected chi connectivity index (χ4v) is 18.1. The molecule has 0 radical (unpaired) electrons. The summed E-state index contributed by atoms with van der Waals surface area (Å²) >= 11 is 0. The van der Waals surface area contributed by atoms with Crippen LogP contribution in [0.4, 0.5) is 0 Å². The van der Waals surface area contributed by atoms with Gasteiger partial charge < -0.3 is 37.4 Å². The van der Waals surface area contributed by atoms with E-state index in [1.54, 1.807) is 0 Å². The molecule has 2 N–H and O–H groups in total. The molecule has 4 aliphatic heterocycles. The van der Waals surface area contributed by atoms with Gasteiger partial charge in [0.05, 0.1) is 25.4 Å². The smallest absolute Gasteiger partial charge is 0.231 e. The highest BCUT2D eigenvalue weighted by Gasteiger charge is 2.32. The first kappa shape index (κ1) is 111. The van der Waals surface area contributed by atoms with E-state index in [1.165, 1.54) is 97.3 Å². The minimum absolute atomic E-state index is 0.00781. The molecule has 16 heteroatoms. The molecule has 8 aliphatic rings. The Morgan fingerprint density at radius 3 is 0.928 bits per heavy atom. The monoisotopic (exact) mass is 1890 g/mol. The van der Waals surface area contributed by atoms with Gasteiger partial charge in [0.25, 0.3) is 0 Å². The topological polar surface area (TPSA) is 231 Å². The van der Waals surface area contributed by atoms with Crippen molar-refractivity contribution in [3.63, 3.8) is 0 Å². The van der Waals surface area contributed by atoms with E-state index in [2.05, 4.69) is 152 Å². The van der Waals surface area contributed by atoms with E-state index < -0.39 is 11.2 Å². The van der Waals surface area contributed by atoms with E-state index in [1.807, 2.05) is 152 Å². The molecule has 0 saturated heterocycles. The average molecular weight is 1890 g/mol. The molecule has 139 heavy (non-hydrogen) atoms. The van der Waals surface area contributed by atoms with Crippen LogP contribution in [0, 0.1) is 59.3 Å². The highest BCUT2D eigenvalue weighted by molar-refractivity contribution is 5.83. The van der Waals surface area contributed by atoms with Crippen LogP contribution < -0.4 is 31.2 Å². The van der Waals surface area contributed by atoms with Crippen molar-refractivity contribution in [3.05, 3.63) is 287 Å². The molecular formula is C123H162N4O12. The average Bonchev–Trinajstić information content (AvgIpc) is 0.737. The summed E-state index contributed by atoms with van der Waals surface area (Å²) in [5.41, 5.74) is 25.1. The summed E-state index contributed by atoms with van der Waals surface area (Å²) in [6, 6.07) is 30.5. The zero-order valence-corrected chi connectivity index (χ0v) is 88.9. The lowest BCUT2D eigenvalue weighted by Gasteiger charge is -2.25. The first-order valence-electron chi connectivity index (χ1n) is 51.2. The quantitative estimate of drug-likeness (QED) is 0.0267. The van der Waals surface area contributed by atoms with Crippen molar-refractivity contribution in [3.8, 4) is 57.3 Å². The lowest BCUT2D eigenvalue weighted by molar-refractivity contribution is 0.0385. The van der Waals surface area contributed by atoms with E-state index in [4.69, 9.17) is 47.1 Å². The second-order valence-corrected chi connectivity index (χ2v) is 41.2. The van der Waals surface area contributed by atoms with Gasteiger partial charge in [0.2, 0.25) is 11.2 Å². The molecule has 4 aliphatic carbocycles. The van der Waals surface area contributed by atoms with Gasteiger partial charge >= 0.3 is 0 Å². The maximum absolute atomic E-state index is 13.2. The second-order valence-electron chi connectivity index (χ2n) is 41.2. The van der Waals surface area contributed by atoms with Crippen molar-refractivity contribution in [2.24, 2.45) is 17.8 Å². The molecule has 0 amide bonds. The Balaban J connectivity index is 0.000000208. The number of fused-ring (bicyclic) bond motifs is 8. The number of benzene rings is 8. The van der Waals surface area contributed by atoms with Crippen LogP contribution in [0.2, 0.25) is 0 Å². The maximum Gasteiger partial charge on any atom is 0.231 e. The highest BCUT2D eigenvalue weighted by atomic mass is 16.5. The fourth-order valence-electron chi connectivity index (χ4n) is 18.1. The van der Waals surface area contributed by atoms with E-state index in [9.17, 15) is 29.4 Å². The van der Waals surface area contributed by atoms with Gasteiger partial charge in [-0.1, -0.05) is 221 Å². The van der Waals surface area contributed by atoms with Crippen molar-refractivity contribution < 1.29 is 37.4 Å². The molecule has 4 aromatic rings. The number of nitrogens with zero attached hydrogens (tertiary/aromatic N) is 4. The first-order valence-corrected chi connectivity index (χ1v) is 51.2. The number of ether oxygens (including phenoxy) is 2. The summed E-state index contributed by atoms with van der Waals surface area (Å²) in [4.78, 5) is 71.8. The highest BCUT2D eigenvalue weighted by Crippen LogP contribution is 2.42. The van der Waals surface area contributed by atoms with Crippen LogP contribution in [0.3, 0.4) is 0 Å². The van der Waals surface area contributed by atoms with Crippen LogP contribution in [0.15, 0.2) is 227 Å². The Hall–Kier alpha value is -11.2. The standard InChI is InChI=1S/C34H51NO3.C34H45NO3.C30H37NO2.C25H29NO4/c2*1-23(2)13-10-14-24(3)15-11-16-25(4)17-12-21-34(7,37)22-20-28-32(36)27(6)26(5)31-33(28)38-30-19-9-8-18-29(30)35-31;1-20(2)12-9-13-21(3)14-10-15-22(4)16-11-17-25-29(32)24(6)23(5)28-30(25)33-27-19-8-7-18-26(27)31-28;1-16(2)10-8-11-17(3)12-9-13-18-22(27)25(29-5)24(28-4)21-23(18)30-20-15-7-6-14-19(20)26-21/h8-9,18-19,23-25,37H,10-17,20-22H2,1-7H3;8-9,13,15,17-19,37H,10-12,14,16,20-22H2,1-7H3;7-8,12,14,16,18-19H,9-11,13,15,17H2,1-6H3;6-7,10,12,14-15H,8-9,11,13H2,1-5H3/b;24-15+,25-17+;21-14+,22-16+;17-12+/t24-,25-,34-;34-;;/m11../s1. The molecule has 4 atom stereocenters. The third-order valence-electron chi connectivity index (χ3n) is 27.5. The van der Waals surface area contributed by atoms with E-state index in [0.717, 1.165) is 176 Å². The predicted molar refractivity (Wildman–Crippen MR) is 581 cm³/mol. The number of hydrogen-bond acceptors (Lipinski definition) is 16. The minimum Gasteiger partial charge on any atom is -0.491 e. The number of allylic oxidation sites excluding steroid dienone is 16. The Morgan fingerprint density at radius 2 is 0.597 bits per heavy atom. The lowest BCUT2D eigenvalue weighted by Crippen LogP contribution is -2.27. The molecule has 0 aromatic heterocycles. The number of aromatic nitrogens is 4. The van der Waals surface area contributed by atoms with E-state index >= 15 is 0 Å². The van der Waals surface area contributed by atoms with Gasteiger partial charge in [0, 0.05) is 38.9 Å². The molecule has 16 nitrogen and oxygen atoms in total. The molecule has 746 valence electrons. The molecule has 0 bridgehead atoms. The summed E-state index contributed by atoms with van der Waals surface area (Å²) in [7, 11) is 2.98. The van der Waals surface area contributed by atoms with Crippen LogP contribution in [0.1, 0.15) is 334 Å². The zero-order valence-electron chi connectivity index (χ0n) is 88.9. The molecule has 4 heterocycles. The van der Waals surface area contributed by atoms with Crippen molar-refractivity contribution in [1.82, 2.24) is 19.9 Å². The van der Waals surface area contributed by atoms with Gasteiger partial charge in [-0.25, -0.2) is 19.9 Å². The number of methoxy groups -OCH3 is 2. The third kappa shape index (κ3) is 33.0. The Labute approximate surface area is 829 Å². The zero-order chi connectivity index (χ0) is 101. The van der Waals surface area contributed by atoms with Crippen molar-refractivity contribution >= 4 is 44.4 Å². The Kier molecular flexibility index (Phi) is 43.3. The Morgan fingerprint density at radius 1 is 0.324 bits per heavy atom. The number of rotatable bonds is 44. The summed E-state index contributed by atoms with van der Waals surface area (Å²) < 4.78 is 35.6. The number of aliphatic hydroxyl groups is 2. The van der Waals surface area contributed by atoms with Gasteiger partial charge in [-0.2, -0.15) is 0 Å². The largest absolute Gasteiger partial charge is 0.491 e. The van der Waals surface area contributed by atoms with Gasteiger partial charge in [-0.05, 0) is 349 Å². The number of para-hydroxylation sites is 8. The van der Waals surface area contributed by atoms with Crippen LogP contribution in [-0.4, -0.2) is 55.6 Å². The summed E-state index contributed by atoms with van der Waals surface area (Å²) in [6.45, 7) is 48.3. The molecule has 4 aromatic carbocycles. The predicted octanol–water partition coefficient (Wildman–Crippen LogP) is 32.0. The molecule has 0 spiro atoms. The SMILES string of the molecule is CC(C)=CCC/C(C)=C/CC/C(C)=C/CC[C@@](C)(O)CCc1c2oc3ccccc3nc-2c(C)c(C)c1=O.CC(C)=CCC/C(C)=C/CC/C(C)=C/CCc1c2oc3ccccc3nc-2c(C)c(C)c1=O.COc1c2nc3ccccc3oc-2c(CC/C=C(\C)CCC=C(C)C)c(=O)c1OC.Cc1c2nc3ccccc3oc-2c(CC[C@](C)(O)CCC[C@H](C)CCC[C@H](C)CCCC(C)C)c(=O)c1C. The van der Waals surface area contributed by atoms with Crippen LogP contribution in [0.25, 0.3) is 90.2 Å². The van der Waals surface area contributed by atoms with Gasteiger partial charge in [-0.3, -0.25) is 19.2 Å². The molecule has 0 unspecified atom stereocenters. The first-order chi connectivity index (χ1) is 66.2. The van der Waals surface area contributed by atoms with E-state index in [0.29, 0.717) is 141 Å². The molecule has 12 rings (SSSR count). The maximum atomic E-state index is 13.2. The third-order valence-corrected chi connectivity index (χ3v) is 27.5. The summed E-state index contributed by atoms with van der Waals surface area (Å²) in [5, 5.41) is 22.3. The summed E-state index contributed by atoms with van der Waals surface area (Å²) in [5.74, 6) is 5.03. The van der Waals surface area contributed by atoms with Crippen LogP contribution in [-0.2, 0) is 25.7 Å². The van der Waals surface area contributed by atoms with Crippen molar-refractivity contribution in [2.45, 2.75) is 357 Å². The van der Waals surface area contributed by atoms with E-state index in [-0.39, 0.29) is 27.5 Å². The fraction of sp³-hybridized carbons (Fsp3) is 0.480. The normalized spacial score (nSPS) is 13.6. The molecule has 0 fully saturated rings. The van der Waals surface area contributed by atoms with Crippen LogP contribution >= 0.6 is 0 Å². The molecule has 0 saturated carbocycles. The second kappa shape index (κ2) is 54.0. The minimum atomic E-state index is -0.875. The Bertz CT molecular complexity index is 6470. The van der Waals surface area contributed by atoms with Gasteiger partial charge in [-0.15, -0.1) is 0 Å². The lowest BCUT2D eigenvalue weighted by atomic mass is 9.87. The summed E-state index contributed by atoms with van der Waals surface area (Å²) in [6.07, 6.45) is 46.0. The number of hydrogen-bond donors (Lipinski definition) is 2. The van der Waals surface area contributed by atoms with Crippen molar-refractivity contribution in [1.29, 1.82) is 0 Å². The van der Waals surface area contributed by atoms with Gasteiger partial charge in [0.1, 0.15) is 39.1 Å². The van der Waals surface area contributed by atoms with Crippen LogP contribution in [0.5, 0.6) is 11.5 Å². The van der Waals surface area contributed by atoms with Crippen molar-refractivity contribution in [2.75, 3.05) is 14.2 Å². The van der Waals surface area contributed by atoms with Gasteiger partial charge in [0.15, 0.2) is 73.1 Å². The molecular weight excluding hydrogens is 1730 g/mol.